The third-order valence-corrected chi connectivity index (χ3v) is 5.15. The minimum Gasteiger partial charge on any atom is -0.497 e. The molecule has 1 atom stereocenters. The molecule has 1 aliphatic heterocycles. The Labute approximate surface area is 170 Å². The van der Waals surface area contributed by atoms with Gasteiger partial charge in [0.25, 0.3) is 0 Å². The lowest BCUT2D eigenvalue weighted by Gasteiger charge is -2.27. The van der Waals surface area contributed by atoms with E-state index < -0.39 is 5.60 Å². The summed E-state index contributed by atoms with van der Waals surface area (Å²) in [6, 6.07) is 12.2. The molecule has 1 N–H and O–H groups in total. The van der Waals surface area contributed by atoms with E-state index in [4.69, 9.17) is 9.47 Å². The van der Waals surface area contributed by atoms with Gasteiger partial charge in [0.2, 0.25) is 0 Å². The molecule has 6 nitrogen and oxygen atoms in total. The lowest BCUT2D eigenvalue weighted by atomic mass is 10.1. The van der Waals surface area contributed by atoms with Gasteiger partial charge in [-0.2, -0.15) is 0 Å². The van der Waals surface area contributed by atoms with Crippen molar-refractivity contribution in [2.45, 2.75) is 45.3 Å². The number of carbonyl (C=O) groups excluding carboxylic acids is 1. The van der Waals surface area contributed by atoms with Gasteiger partial charge in [0.1, 0.15) is 17.2 Å². The highest BCUT2D eigenvalue weighted by atomic mass is 16.6. The molecule has 3 aromatic rings. The second kappa shape index (κ2) is 7.43. The maximum Gasteiger partial charge on any atom is 0.410 e. The highest BCUT2D eigenvalue weighted by Gasteiger charge is 2.34. The lowest BCUT2D eigenvalue weighted by Crippen LogP contribution is -2.36. The highest BCUT2D eigenvalue weighted by molar-refractivity contribution is 5.87. The Bertz CT molecular complexity index is 1040. The Balaban J connectivity index is 1.57. The van der Waals surface area contributed by atoms with E-state index >= 15 is 0 Å². The molecule has 1 amide bonds. The van der Waals surface area contributed by atoms with E-state index in [2.05, 4.69) is 34.2 Å². The summed E-state index contributed by atoms with van der Waals surface area (Å²) in [6.07, 6.45) is 3.38. The standard InChI is InChI=1S/C23H27N3O3/c1-23(2,3)29-22(27)26-11-5-6-20(26)21-24-14-19(25-21)17-8-7-16-13-18(28-4)10-9-15(16)12-17/h7-10,12-14,20H,5-6,11H2,1-4H3,(H,24,25)/t20-/m0/s1. The van der Waals surface area contributed by atoms with Crippen LogP contribution in [0.4, 0.5) is 4.79 Å². The van der Waals surface area contributed by atoms with E-state index in [1.165, 1.54) is 0 Å². The first-order chi connectivity index (χ1) is 13.8. The fourth-order valence-electron chi connectivity index (χ4n) is 3.76. The summed E-state index contributed by atoms with van der Waals surface area (Å²) >= 11 is 0. The van der Waals surface area contributed by atoms with Crippen LogP contribution in [0.2, 0.25) is 0 Å². The van der Waals surface area contributed by atoms with Gasteiger partial charge < -0.3 is 14.5 Å². The maximum atomic E-state index is 12.6. The first kappa shape index (κ1) is 19.3. The van der Waals surface area contributed by atoms with Gasteiger partial charge in [-0.05, 0) is 62.6 Å². The average molecular weight is 393 g/mol. The average Bonchev–Trinajstić information content (AvgIpc) is 3.35. The number of rotatable bonds is 3. The zero-order valence-electron chi connectivity index (χ0n) is 17.4. The number of nitrogens with one attached hydrogen (secondary N) is 1. The number of methoxy groups -OCH3 is 1. The molecule has 0 aliphatic carbocycles. The molecule has 29 heavy (non-hydrogen) atoms. The number of aromatic amines is 1. The van der Waals surface area contributed by atoms with Crippen LogP contribution < -0.4 is 4.74 Å². The number of fused-ring (bicyclic) bond motifs is 1. The van der Waals surface area contributed by atoms with E-state index in [0.717, 1.165) is 46.4 Å². The van der Waals surface area contributed by atoms with E-state index in [1.807, 2.05) is 39.1 Å². The molecule has 0 radical (unpaired) electrons. The van der Waals surface area contributed by atoms with Crippen molar-refractivity contribution in [3.05, 3.63) is 48.4 Å². The molecule has 0 bridgehead atoms. The van der Waals surface area contributed by atoms with Crippen molar-refractivity contribution in [1.29, 1.82) is 0 Å². The number of ether oxygens (including phenoxy) is 2. The molecule has 0 unspecified atom stereocenters. The summed E-state index contributed by atoms with van der Waals surface area (Å²) in [5.41, 5.74) is 1.49. The van der Waals surface area contributed by atoms with E-state index in [-0.39, 0.29) is 12.1 Å². The van der Waals surface area contributed by atoms with Crippen LogP contribution in [0, 0.1) is 0 Å². The Kier molecular flexibility index (Phi) is 4.94. The maximum absolute atomic E-state index is 12.6. The number of hydrogen-bond acceptors (Lipinski definition) is 4. The van der Waals surface area contributed by atoms with Crippen molar-refractivity contribution in [3.63, 3.8) is 0 Å². The zero-order chi connectivity index (χ0) is 20.6. The fourth-order valence-corrected chi connectivity index (χ4v) is 3.76. The smallest absolute Gasteiger partial charge is 0.410 e. The largest absolute Gasteiger partial charge is 0.497 e. The quantitative estimate of drug-likeness (QED) is 0.655. The van der Waals surface area contributed by atoms with Crippen LogP contribution in [0.5, 0.6) is 5.75 Å². The molecule has 2 heterocycles. The molecule has 1 fully saturated rings. The minimum absolute atomic E-state index is 0.0803. The summed E-state index contributed by atoms with van der Waals surface area (Å²) in [4.78, 5) is 22.4. The number of imidazole rings is 1. The monoisotopic (exact) mass is 393 g/mol. The van der Waals surface area contributed by atoms with Gasteiger partial charge in [0.05, 0.1) is 25.0 Å². The molecule has 1 saturated heterocycles. The van der Waals surface area contributed by atoms with E-state index in [9.17, 15) is 4.79 Å². The Hall–Kier alpha value is -3.02. The number of carbonyl (C=O) groups is 1. The number of aromatic nitrogens is 2. The first-order valence-corrected chi connectivity index (χ1v) is 9.97. The predicted molar refractivity (Wildman–Crippen MR) is 113 cm³/mol. The third-order valence-electron chi connectivity index (χ3n) is 5.15. The van der Waals surface area contributed by atoms with Crippen LogP contribution >= 0.6 is 0 Å². The molecule has 6 heteroatoms. The van der Waals surface area contributed by atoms with Gasteiger partial charge in [-0.25, -0.2) is 9.78 Å². The summed E-state index contributed by atoms with van der Waals surface area (Å²) in [5, 5.41) is 2.26. The molecular weight excluding hydrogens is 366 g/mol. The molecule has 1 aromatic heterocycles. The number of nitrogens with zero attached hydrogens (tertiary/aromatic N) is 2. The van der Waals surface area contributed by atoms with Crippen molar-refractivity contribution in [1.82, 2.24) is 14.9 Å². The highest BCUT2D eigenvalue weighted by Crippen LogP contribution is 2.33. The normalized spacial score (nSPS) is 17.0. The number of likely N-dealkylation sites (tertiary alicyclic amines) is 1. The number of hydrogen-bond donors (Lipinski definition) is 1. The topological polar surface area (TPSA) is 67.4 Å². The Morgan fingerprint density at radius 3 is 2.69 bits per heavy atom. The van der Waals surface area contributed by atoms with Crippen LogP contribution in [-0.4, -0.2) is 40.2 Å². The van der Waals surface area contributed by atoms with Crippen molar-refractivity contribution >= 4 is 16.9 Å². The summed E-state index contributed by atoms with van der Waals surface area (Å²) < 4.78 is 10.9. The third kappa shape index (κ3) is 4.06. The Morgan fingerprint density at radius 1 is 1.17 bits per heavy atom. The molecule has 4 rings (SSSR count). The summed E-state index contributed by atoms with van der Waals surface area (Å²) in [5.74, 6) is 1.65. The summed E-state index contributed by atoms with van der Waals surface area (Å²) in [7, 11) is 1.67. The fraction of sp³-hybridized carbons (Fsp3) is 0.391. The van der Waals surface area contributed by atoms with Gasteiger partial charge in [-0.3, -0.25) is 4.90 Å². The van der Waals surface area contributed by atoms with Crippen LogP contribution in [0.25, 0.3) is 22.0 Å². The first-order valence-electron chi connectivity index (χ1n) is 9.97. The molecule has 0 saturated carbocycles. The predicted octanol–water partition coefficient (Wildman–Crippen LogP) is 5.31. The molecule has 152 valence electrons. The zero-order valence-corrected chi connectivity index (χ0v) is 17.4. The van der Waals surface area contributed by atoms with Gasteiger partial charge >= 0.3 is 6.09 Å². The van der Waals surface area contributed by atoms with Crippen LogP contribution in [-0.2, 0) is 4.74 Å². The van der Waals surface area contributed by atoms with Crippen molar-refractivity contribution in [2.24, 2.45) is 0 Å². The number of amides is 1. The Morgan fingerprint density at radius 2 is 1.93 bits per heavy atom. The van der Waals surface area contributed by atoms with Crippen molar-refractivity contribution in [3.8, 4) is 17.0 Å². The van der Waals surface area contributed by atoms with E-state index in [0.29, 0.717) is 6.54 Å². The van der Waals surface area contributed by atoms with Crippen LogP contribution in [0.1, 0.15) is 45.5 Å². The molecule has 0 spiro atoms. The second-order valence-corrected chi connectivity index (χ2v) is 8.44. The molecule has 1 aliphatic rings. The van der Waals surface area contributed by atoms with E-state index in [1.54, 1.807) is 12.0 Å². The van der Waals surface area contributed by atoms with Gasteiger partial charge in [-0.15, -0.1) is 0 Å². The number of H-pyrrole nitrogens is 1. The SMILES string of the molecule is COc1ccc2cc(-c3cnc([C@@H]4CCCN4C(=O)OC(C)(C)C)[nH]3)ccc2c1. The minimum atomic E-state index is -0.508. The van der Waals surface area contributed by atoms with Crippen LogP contribution in [0.3, 0.4) is 0 Å². The van der Waals surface area contributed by atoms with Gasteiger partial charge in [-0.1, -0.05) is 18.2 Å². The van der Waals surface area contributed by atoms with Gasteiger partial charge in [0, 0.05) is 12.1 Å². The van der Waals surface area contributed by atoms with Crippen molar-refractivity contribution in [2.75, 3.05) is 13.7 Å². The number of benzene rings is 2. The van der Waals surface area contributed by atoms with Gasteiger partial charge in [0.15, 0.2) is 0 Å². The molecule has 2 aromatic carbocycles. The summed E-state index contributed by atoms with van der Waals surface area (Å²) in [6.45, 7) is 6.34. The second-order valence-electron chi connectivity index (χ2n) is 8.44. The molecular formula is C23H27N3O3. The van der Waals surface area contributed by atoms with Crippen molar-refractivity contribution < 1.29 is 14.3 Å². The lowest BCUT2D eigenvalue weighted by molar-refractivity contribution is 0.0218. The van der Waals surface area contributed by atoms with Crippen LogP contribution in [0.15, 0.2) is 42.6 Å².